The van der Waals surface area contributed by atoms with Crippen molar-refractivity contribution in [2.45, 2.75) is 44.9 Å². The second-order valence-corrected chi connectivity index (χ2v) is 17.5. The van der Waals surface area contributed by atoms with E-state index < -0.39 is 0 Å². The molecule has 1 nitrogen and oxygen atoms in total. The van der Waals surface area contributed by atoms with Crippen LogP contribution in [0.1, 0.15) is 59.6 Å². The molecule has 0 aliphatic heterocycles. The average Bonchev–Trinajstić information content (AvgIpc) is 3.54. The van der Waals surface area contributed by atoms with Crippen molar-refractivity contribution in [3.63, 3.8) is 0 Å². The second kappa shape index (κ2) is 16.7. The number of hydrogen-bond donors (Lipinski definition) is 1. The molecule has 9 aromatic rings. The molecule has 1 unspecified atom stereocenters. The van der Waals surface area contributed by atoms with Crippen LogP contribution in [-0.4, -0.2) is 0 Å². The Kier molecular flexibility index (Phi) is 10.5. The van der Waals surface area contributed by atoms with Crippen molar-refractivity contribution in [3.05, 3.63) is 252 Å². The summed E-state index contributed by atoms with van der Waals surface area (Å²) in [5.74, 6) is 0.297. The second-order valence-electron chi connectivity index (χ2n) is 17.5. The third-order valence-corrected chi connectivity index (χ3v) is 13.0. The van der Waals surface area contributed by atoms with Crippen LogP contribution in [-0.2, 0) is 11.8 Å². The van der Waals surface area contributed by atoms with E-state index in [0.29, 0.717) is 5.92 Å². The first-order valence-corrected chi connectivity index (χ1v) is 22.0. The van der Waals surface area contributed by atoms with E-state index in [1.165, 1.54) is 89.0 Å². The maximum Gasteiger partial charge on any atom is 0.0387 e. The Morgan fingerprint density at radius 3 is 1.37 bits per heavy atom. The molecule has 300 valence electrons. The van der Waals surface area contributed by atoms with Crippen LogP contribution in [0.25, 0.3) is 55.6 Å². The molecule has 1 heteroatoms. The van der Waals surface area contributed by atoms with Gasteiger partial charge >= 0.3 is 0 Å². The van der Waals surface area contributed by atoms with Gasteiger partial charge in [0.2, 0.25) is 0 Å². The topological polar surface area (TPSA) is 12.0 Å². The Bertz CT molecular complexity index is 2960. The maximum absolute atomic E-state index is 3.71. The van der Waals surface area contributed by atoms with Crippen molar-refractivity contribution in [2.24, 2.45) is 0 Å². The molecule has 10 rings (SSSR count). The molecule has 1 N–H and O–H groups in total. The van der Waals surface area contributed by atoms with Crippen LogP contribution in [0.5, 0.6) is 0 Å². The van der Waals surface area contributed by atoms with Crippen LogP contribution >= 0.6 is 0 Å². The minimum atomic E-state index is -0.112. The zero-order valence-electron chi connectivity index (χ0n) is 35.8. The largest absolute Gasteiger partial charge is 0.356 e. The van der Waals surface area contributed by atoms with Crippen molar-refractivity contribution in [2.75, 3.05) is 5.32 Å². The van der Waals surface area contributed by atoms with Gasteiger partial charge in [0.1, 0.15) is 0 Å². The molecular formula is C61H51N. The molecule has 0 spiro atoms. The van der Waals surface area contributed by atoms with E-state index in [1.807, 2.05) is 0 Å². The first-order valence-electron chi connectivity index (χ1n) is 22.0. The number of fused-ring (bicyclic) bond motifs is 3. The van der Waals surface area contributed by atoms with Gasteiger partial charge in [-0.05, 0) is 127 Å². The average molecular weight is 798 g/mol. The lowest BCUT2D eigenvalue weighted by molar-refractivity contribution is 0.657. The van der Waals surface area contributed by atoms with Crippen LogP contribution in [0.15, 0.2) is 218 Å². The maximum atomic E-state index is 3.71. The van der Waals surface area contributed by atoms with Gasteiger partial charge in [0.15, 0.2) is 0 Å². The lowest BCUT2D eigenvalue weighted by atomic mass is 9.81. The summed E-state index contributed by atoms with van der Waals surface area (Å²) in [6.45, 7) is 6.97. The number of anilines is 2. The van der Waals surface area contributed by atoms with Gasteiger partial charge in [0.25, 0.3) is 0 Å². The summed E-state index contributed by atoms with van der Waals surface area (Å²) in [5.41, 5.74) is 22.9. The van der Waals surface area contributed by atoms with E-state index in [2.05, 4.69) is 244 Å². The fourth-order valence-electron chi connectivity index (χ4n) is 9.53. The van der Waals surface area contributed by atoms with Gasteiger partial charge in [-0.1, -0.05) is 214 Å². The van der Waals surface area contributed by atoms with Crippen LogP contribution in [0.2, 0.25) is 0 Å². The molecule has 9 aromatic carbocycles. The summed E-state index contributed by atoms with van der Waals surface area (Å²) < 4.78 is 0. The van der Waals surface area contributed by atoms with Gasteiger partial charge in [-0.3, -0.25) is 0 Å². The first-order chi connectivity index (χ1) is 30.4. The molecule has 0 amide bonds. The van der Waals surface area contributed by atoms with Gasteiger partial charge in [0.05, 0.1) is 0 Å². The van der Waals surface area contributed by atoms with Crippen LogP contribution in [0, 0.1) is 6.92 Å². The first kappa shape index (κ1) is 38.9. The predicted octanol–water partition coefficient (Wildman–Crippen LogP) is 16.5. The Balaban J connectivity index is 0.838. The fourth-order valence-corrected chi connectivity index (χ4v) is 9.53. The van der Waals surface area contributed by atoms with Crippen molar-refractivity contribution in [1.82, 2.24) is 0 Å². The molecule has 1 aliphatic rings. The Labute approximate surface area is 367 Å². The molecule has 0 saturated heterocycles. The van der Waals surface area contributed by atoms with Crippen LogP contribution < -0.4 is 5.32 Å². The van der Waals surface area contributed by atoms with E-state index in [1.54, 1.807) is 0 Å². The highest BCUT2D eigenvalue weighted by atomic mass is 14.9. The summed E-state index contributed by atoms with van der Waals surface area (Å²) in [6, 6.07) is 80.2. The number of rotatable bonds is 11. The lowest BCUT2D eigenvalue weighted by Gasteiger charge is -2.23. The minimum Gasteiger partial charge on any atom is -0.356 e. The highest BCUT2D eigenvalue weighted by Gasteiger charge is 2.35. The monoisotopic (exact) mass is 797 g/mol. The van der Waals surface area contributed by atoms with Crippen LogP contribution in [0.3, 0.4) is 0 Å². The van der Waals surface area contributed by atoms with E-state index in [-0.39, 0.29) is 5.41 Å². The lowest BCUT2D eigenvalue weighted by Crippen LogP contribution is -2.15. The van der Waals surface area contributed by atoms with Gasteiger partial charge in [0, 0.05) is 22.7 Å². The Morgan fingerprint density at radius 1 is 0.387 bits per heavy atom. The van der Waals surface area contributed by atoms with Gasteiger partial charge in [-0.2, -0.15) is 0 Å². The molecule has 0 fully saturated rings. The quantitative estimate of drug-likeness (QED) is 0.137. The van der Waals surface area contributed by atoms with E-state index in [0.717, 1.165) is 24.2 Å². The Hall–Kier alpha value is -7.22. The van der Waals surface area contributed by atoms with Crippen molar-refractivity contribution in [3.8, 4) is 55.6 Å². The minimum absolute atomic E-state index is 0.112. The molecule has 0 radical (unpaired) electrons. The summed E-state index contributed by atoms with van der Waals surface area (Å²) in [7, 11) is 0. The molecule has 0 heterocycles. The van der Waals surface area contributed by atoms with Gasteiger partial charge in [-0.25, -0.2) is 0 Å². The summed E-state index contributed by atoms with van der Waals surface area (Å²) in [4.78, 5) is 0. The SMILES string of the molecule is Cc1cccc(C(CCc2ccc3c(c2)C(C)(C)c2cc(Nc4ccc(-c5ccc(-c6ccccc6)cc5)cc4)ccc2-3)c2ccc(-c3ccc(-c4ccccc4)cc3)cc2)c1. The summed E-state index contributed by atoms with van der Waals surface area (Å²) >= 11 is 0. The molecule has 62 heavy (non-hydrogen) atoms. The van der Waals surface area contributed by atoms with Crippen LogP contribution in [0.4, 0.5) is 11.4 Å². The summed E-state index contributed by atoms with van der Waals surface area (Å²) in [5, 5.41) is 3.71. The van der Waals surface area contributed by atoms with E-state index in [4.69, 9.17) is 0 Å². The normalized spacial score (nSPS) is 13.0. The third-order valence-electron chi connectivity index (χ3n) is 13.0. The van der Waals surface area contributed by atoms with Gasteiger partial charge < -0.3 is 5.32 Å². The van der Waals surface area contributed by atoms with E-state index >= 15 is 0 Å². The summed E-state index contributed by atoms with van der Waals surface area (Å²) in [6.07, 6.45) is 2.04. The molecule has 0 aromatic heterocycles. The number of hydrogen-bond acceptors (Lipinski definition) is 1. The van der Waals surface area contributed by atoms with Crippen molar-refractivity contribution >= 4 is 11.4 Å². The molecular weight excluding hydrogens is 747 g/mol. The number of nitrogens with one attached hydrogen (secondary N) is 1. The van der Waals surface area contributed by atoms with E-state index in [9.17, 15) is 0 Å². The fraction of sp³-hybridized carbons (Fsp3) is 0.115. The zero-order chi connectivity index (χ0) is 42.0. The highest BCUT2D eigenvalue weighted by Crippen LogP contribution is 2.50. The van der Waals surface area contributed by atoms with Crippen molar-refractivity contribution in [1.29, 1.82) is 0 Å². The molecule has 0 bridgehead atoms. The zero-order valence-corrected chi connectivity index (χ0v) is 35.8. The third kappa shape index (κ3) is 7.91. The predicted molar refractivity (Wildman–Crippen MR) is 263 cm³/mol. The number of aryl methyl sites for hydroxylation is 2. The highest BCUT2D eigenvalue weighted by molar-refractivity contribution is 5.83. The van der Waals surface area contributed by atoms with Gasteiger partial charge in [-0.15, -0.1) is 0 Å². The molecule has 1 atom stereocenters. The molecule has 0 saturated carbocycles. The Morgan fingerprint density at radius 2 is 0.839 bits per heavy atom. The molecule has 1 aliphatic carbocycles. The van der Waals surface area contributed by atoms with Crippen molar-refractivity contribution < 1.29 is 0 Å². The smallest absolute Gasteiger partial charge is 0.0387 e. The standard InChI is InChI=1S/C61H51N/c1-42-11-10-16-53(39-42)56(52-29-27-50(28-30-52)48-23-19-46(20-24-48)44-12-6-4-7-13-44)36-17-43-18-37-57-58-38-35-55(41-60(58)61(2,3)59(57)40-43)62-54-33-31-51(32-34-54)49-25-21-47(22-26-49)45-14-8-5-9-15-45/h4-16,18-35,37-41,56,62H,17,36H2,1-3H3. The number of benzene rings is 9.